The second kappa shape index (κ2) is 5.50. The van der Waals surface area contributed by atoms with Crippen LogP contribution in [0.4, 0.5) is 10.1 Å². The zero-order chi connectivity index (χ0) is 12.3. The molecule has 0 bridgehead atoms. The van der Waals surface area contributed by atoms with Gasteiger partial charge < -0.3 is 10.0 Å². The van der Waals surface area contributed by atoms with Crippen molar-refractivity contribution < 1.29 is 9.50 Å². The molecular weight excluding hydrogens is 217 g/mol. The molecule has 1 aliphatic carbocycles. The Labute approximate surface area is 102 Å². The van der Waals surface area contributed by atoms with E-state index in [2.05, 4.69) is 0 Å². The van der Waals surface area contributed by atoms with Crippen molar-refractivity contribution in [2.75, 3.05) is 18.5 Å². The Kier molecular flexibility index (Phi) is 4.00. The molecule has 0 amide bonds. The smallest absolute Gasteiger partial charge is 0.125 e. The van der Waals surface area contributed by atoms with Gasteiger partial charge in [-0.25, -0.2) is 4.39 Å². The van der Waals surface area contributed by atoms with Gasteiger partial charge in [-0.15, -0.1) is 0 Å². The van der Waals surface area contributed by atoms with E-state index in [1.165, 1.54) is 6.07 Å². The van der Waals surface area contributed by atoms with Gasteiger partial charge >= 0.3 is 0 Å². The van der Waals surface area contributed by atoms with E-state index in [0.717, 1.165) is 37.9 Å². The van der Waals surface area contributed by atoms with Crippen LogP contribution < -0.4 is 4.90 Å². The Bertz CT molecular complexity index is 369. The summed E-state index contributed by atoms with van der Waals surface area (Å²) in [4.78, 5) is 2.05. The van der Waals surface area contributed by atoms with E-state index in [9.17, 15) is 9.50 Å². The van der Waals surface area contributed by atoms with Gasteiger partial charge in [0.25, 0.3) is 0 Å². The number of hydrogen-bond donors (Lipinski definition) is 1. The fourth-order valence-corrected chi connectivity index (χ4v) is 2.56. The van der Waals surface area contributed by atoms with Crippen LogP contribution in [0.25, 0.3) is 0 Å². The molecule has 1 aromatic carbocycles. The minimum Gasteiger partial charge on any atom is -0.393 e. The lowest BCUT2D eigenvalue weighted by Crippen LogP contribution is -2.23. The van der Waals surface area contributed by atoms with Crippen molar-refractivity contribution in [1.82, 2.24) is 0 Å². The zero-order valence-electron chi connectivity index (χ0n) is 10.3. The summed E-state index contributed by atoms with van der Waals surface area (Å²) < 4.78 is 13.1. The maximum atomic E-state index is 13.1. The molecule has 1 fully saturated rings. The van der Waals surface area contributed by atoms with Crippen molar-refractivity contribution in [3.05, 3.63) is 30.1 Å². The van der Waals surface area contributed by atoms with E-state index in [0.29, 0.717) is 5.92 Å². The lowest BCUT2D eigenvalue weighted by molar-refractivity contribution is 0.129. The predicted molar refractivity (Wildman–Crippen MR) is 67.6 cm³/mol. The highest BCUT2D eigenvalue weighted by atomic mass is 19.1. The van der Waals surface area contributed by atoms with Crippen molar-refractivity contribution in [1.29, 1.82) is 0 Å². The Morgan fingerprint density at radius 2 is 2.24 bits per heavy atom. The number of rotatable bonds is 4. The maximum Gasteiger partial charge on any atom is 0.125 e. The summed E-state index contributed by atoms with van der Waals surface area (Å²) in [6, 6.07) is 6.64. The first kappa shape index (κ1) is 12.4. The van der Waals surface area contributed by atoms with Crippen LogP contribution in [0.15, 0.2) is 24.3 Å². The summed E-state index contributed by atoms with van der Waals surface area (Å²) in [5.74, 6) is 0.223. The summed E-state index contributed by atoms with van der Waals surface area (Å²) >= 11 is 0. The van der Waals surface area contributed by atoms with Crippen LogP contribution in [0.5, 0.6) is 0 Å². The van der Waals surface area contributed by atoms with Gasteiger partial charge in [0.05, 0.1) is 6.10 Å². The van der Waals surface area contributed by atoms with Crippen LogP contribution in [0, 0.1) is 11.7 Å². The molecule has 1 saturated carbocycles. The average molecular weight is 237 g/mol. The number of nitrogens with zero attached hydrogens (tertiary/aromatic N) is 1. The molecule has 2 unspecified atom stereocenters. The molecule has 2 nitrogen and oxygen atoms in total. The van der Waals surface area contributed by atoms with E-state index >= 15 is 0 Å². The zero-order valence-corrected chi connectivity index (χ0v) is 10.3. The minimum absolute atomic E-state index is 0.129. The molecule has 1 aliphatic rings. The van der Waals surface area contributed by atoms with Gasteiger partial charge in [0.2, 0.25) is 0 Å². The van der Waals surface area contributed by atoms with Gasteiger partial charge in [0, 0.05) is 19.3 Å². The standard InChI is InChI=1S/C14H20FNO/c1-16(13-6-3-5-12(15)10-13)9-8-11-4-2-7-14(11)17/h3,5-6,10-11,14,17H,2,4,7-9H2,1H3. The van der Waals surface area contributed by atoms with Gasteiger partial charge in [0.15, 0.2) is 0 Å². The largest absolute Gasteiger partial charge is 0.393 e. The molecule has 3 heteroatoms. The van der Waals surface area contributed by atoms with Crippen molar-refractivity contribution >= 4 is 5.69 Å². The monoisotopic (exact) mass is 237 g/mol. The van der Waals surface area contributed by atoms with Gasteiger partial charge in [-0.05, 0) is 43.4 Å². The Balaban J connectivity index is 1.86. The number of hydrogen-bond acceptors (Lipinski definition) is 2. The van der Waals surface area contributed by atoms with Crippen molar-refractivity contribution in [3.8, 4) is 0 Å². The molecule has 2 atom stereocenters. The van der Waals surface area contributed by atoms with E-state index in [4.69, 9.17) is 0 Å². The normalized spacial score (nSPS) is 23.9. The van der Waals surface area contributed by atoms with E-state index in [1.807, 2.05) is 18.0 Å². The van der Waals surface area contributed by atoms with Crippen molar-refractivity contribution in [3.63, 3.8) is 0 Å². The topological polar surface area (TPSA) is 23.5 Å². The first-order valence-electron chi connectivity index (χ1n) is 6.31. The summed E-state index contributed by atoms with van der Waals surface area (Å²) in [7, 11) is 1.97. The minimum atomic E-state index is -0.199. The molecule has 0 aromatic heterocycles. The second-order valence-corrected chi connectivity index (χ2v) is 4.95. The maximum absolute atomic E-state index is 13.1. The number of halogens is 1. The van der Waals surface area contributed by atoms with E-state index < -0.39 is 0 Å². The highest BCUT2D eigenvalue weighted by Crippen LogP contribution is 2.28. The van der Waals surface area contributed by atoms with E-state index in [1.54, 1.807) is 12.1 Å². The van der Waals surface area contributed by atoms with E-state index in [-0.39, 0.29) is 11.9 Å². The number of benzene rings is 1. The lowest BCUT2D eigenvalue weighted by atomic mass is 10.0. The molecule has 17 heavy (non-hydrogen) atoms. The SMILES string of the molecule is CN(CCC1CCCC1O)c1cccc(F)c1. The van der Waals surface area contributed by atoms with Gasteiger partial charge in [-0.2, -0.15) is 0 Å². The fraction of sp³-hybridized carbons (Fsp3) is 0.571. The van der Waals surface area contributed by atoms with Crippen molar-refractivity contribution in [2.24, 2.45) is 5.92 Å². The third-order valence-corrected chi connectivity index (χ3v) is 3.70. The summed E-state index contributed by atoms with van der Waals surface area (Å²) in [6.45, 7) is 0.866. The van der Waals surface area contributed by atoms with Crippen LogP contribution in [-0.2, 0) is 0 Å². The Hall–Kier alpha value is -1.09. The highest BCUT2D eigenvalue weighted by molar-refractivity contribution is 5.45. The first-order chi connectivity index (χ1) is 8.16. The summed E-state index contributed by atoms with van der Waals surface area (Å²) in [5.41, 5.74) is 0.900. The van der Waals surface area contributed by atoms with Gasteiger partial charge in [-0.3, -0.25) is 0 Å². The molecule has 0 radical (unpaired) electrons. The van der Waals surface area contributed by atoms with Crippen LogP contribution in [-0.4, -0.2) is 24.8 Å². The molecule has 2 rings (SSSR count). The molecule has 0 heterocycles. The van der Waals surface area contributed by atoms with Crippen LogP contribution in [0.1, 0.15) is 25.7 Å². The molecule has 0 saturated heterocycles. The second-order valence-electron chi connectivity index (χ2n) is 4.95. The van der Waals surface area contributed by atoms with Crippen LogP contribution in [0.3, 0.4) is 0 Å². The first-order valence-corrected chi connectivity index (χ1v) is 6.31. The van der Waals surface area contributed by atoms with Gasteiger partial charge in [-0.1, -0.05) is 12.5 Å². The molecular formula is C14H20FNO. The number of aliphatic hydroxyl groups excluding tert-OH is 1. The fourth-order valence-electron chi connectivity index (χ4n) is 2.56. The quantitative estimate of drug-likeness (QED) is 0.870. The molecule has 94 valence electrons. The number of aliphatic hydroxyl groups is 1. The van der Waals surface area contributed by atoms with Crippen molar-refractivity contribution in [2.45, 2.75) is 31.8 Å². The highest BCUT2D eigenvalue weighted by Gasteiger charge is 2.24. The molecule has 0 aliphatic heterocycles. The predicted octanol–water partition coefficient (Wildman–Crippen LogP) is 2.81. The van der Waals surface area contributed by atoms with Crippen LogP contribution in [0.2, 0.25) is 0 Å². The molecule has 1 aromatic rings. The molecule has 0 spiro atoms. The number of anilines is 1. The third kappa shape index (κ3) is 3.19. The summed E-state index contributed by atoms with van der Waals surface area (Å²) in [6.07, 6.45) is 4.05. The Morgan fingerprint density at radius 3 is 2.88 bits per heavy atom. The van der Waals surface area contributed by atoms with Crippen LogP contribution >= 0.6 is 0 Å². The average Bonchev–Trinajstić information content (AvgIpc) is 2.72. The third-order valence-electron chi connectivity index (χ3n) is 3.70. The van der Waals surface area contributed by atoms with Gasteiger partial charge in [0.1, 0.15) is 5.82 Å². The molecule has 1 N–H and O–H groups in total. The Morgan fingerprint density at radius 1 is 1.41 bits per heavy atom. The summed E-state index contributed by atoms with van der Waals surface area (Å²) in [5, 5.41) is 9.74. The lowest BCUT2D eigenvalue weighted by Gasteiger charge is -2.22.